The monoisotopic (exact) mass is 373 g/mol. The molecular weight excluding hydrogens is 358 g/mol. The molecule has 2 aromatic carbocycles. The molecule has 0 unspecified atom stereocenters. The summed E-state index contributed by atoms with van der Waals surface area (Å²) in [6.07, 6.45) is 0. The summed E-state index contributed by atoms with van der Waals surface area (Å²) < 4.78 is 12.2. The lowest BCUT2D eigenvalue weighted by atomic mass is 10.1. The molecule has 0 bridgehead atoms. The van der Waals surface area contributed by atoms with Crippen LogP contribution in [-0.4, -0.2) is 12.5 Å². The van der Waals surface area contributed by atoms with Crippen molar-refractivity contribution >= 4 is 38.5 Å². The van der Waals surface area contributed by atoms with E-state index in [1.807, 2.05) is 55.5 Å². The minimum atomic E-state index is -0.283. The number of carbonyl (C=O) groups is 1. The maximum atomic E-state index is 12.6. The van der Waals surface area contributed by atoms with Crippen molar-refractivity contribution in [2.45, 2.75) is 13.5 Å². The van der Waals surface area contributed by atoms with Gasteiger partial charge in [0.05, 0.1) is 6.61 Å². The summed E-state index contributed by atoms with van der Waals surface area (Å²) >= 11 is 3.39. The molecule has 0 spiro atoms. The Bertz CT molecular complexity index is 841. The number of benzene rings is 2. The smallest absolute Gasteiger partial charge is 0.291 e. The first-order chi connectivity index (χ1) is 11.2. The molecule has 1 aromatic heterocycles. The van der Waals surface area contributed by atoms with Crippen LogP contribution in [0.1, 0.15) is 23.0 Å². The van der Waals surface area contributed by atoms with Crippen LogP contribution >= 0.6 is 15.9 Å². The molecule has 3 rings (SSSR count). The number of halogens is 1. The van der Waals surface area contributed by atoms with E-state index in [2.05, 4.69) is 21.2 Å². The molecule has 0 saturated carbocycles. The first-order valence-corrected chi connectivity index (χ1v) is 8.13. The SMILES string of the molecule is CCOCc1c(C(=O)Nc2cccc(Br)c2)oc2ccccc12. The van der Waals surface area contributed by atoms with Crippen LogP contribution in [0.5, 0.6) is 0 Å². The molecule has 0 aliphatic heterocycles. The number of hydrogen-bond donors (Lipinski definition) is 1. The summed E-state index contributed by atoms with van der Waals surface area (Å²) in [4.78, 5) is 12.6. The number of furan rings is 1. The average molecular weight is 374 g/mol. The second-order valence-electron chi connectivity index (χ2n) is 5.01. The minimum Gasteiger partial charge on any atom is -0.451 e. The zero-order valence-corrected chi connectivity index (χ0v) is 14.2. The third kappa shape index (κ3) is 3.46. The Balaban J connectivity index is 1.95. The van der Waals surface area contributed by atoms with Crippen molar-refractivity contribution in [1.29, 1.82) is 0 Å². The Morgan fingerprint density at radius 2 is 2.04 bits per heavy atom. The highest BCUT2D eigenvalue weighted by Crippen LogP contribution is 2.27. The molecule has 1 amide bonds. The van der Waals surface area contributed by atoms with Crippen LogP contribution < -0.4 is 5.32 Å². The van der Waals surface area contributed by atoms with Crippen LogP contribution in [0.15, 0.2) is 57.4 Å². The lowest BCUT2D eigenvalue weighted by Gasteiger charge is -2.06. The fourth-order valence-corrected chi connectivity index (χ4v) is 2.78. The third-order valence-electron chi connectivity index (χ3n) is 3.44. The average Bonchev–Trinajstić information content (AvgIpc) is 2.91. The highest BCUT2D eigenvalue weighted by Gasteiger charge is 2.20. The topological polar surface area (TPSA) is 51.5 Å². The Morgan fingerprint density at radius 1 is 1.22 bits per heavy atom. The van der Waals surface area contributed by atoms with E-state index in [1.54, 1.807) is 0 Å². The van der Waals surface area contributed by atoms with Gasteiger partial charge >= 0.3 is 0 Å². The molecule has 0 fully saturated rings. The Kier molecular flexibility index (Phi) is 4.79. The van der Waals surface area contributed by atoms with E-state index in [4.69, 9.17) is 9.15 Å². The van der Waals surface area contributed by atoms with Crippen molar-refractivity contribution in [3.8, 4) is 0 Å². The Hall–Kier alpha value is -2.11. The fourth-order valence-electron chi connectivity index (χ4n) is 2.38. The highest BCUT2D eigenvalue weighted by atomic mass is 79.9. The molecule has 0 aliphatic rings. The zero-order chi connectivity index (χ0) is 16.2. The largest absolute Gasteiger partial charge is 0.451 e. The van der Waals surface area contributed by atoms with Crippen molar-refractivity contribution in [3.05, 3.63) is 64.3 Å². The van der Waals surface area contributed by atoms with E-state index < -0.39 is 0 Å². The third-order valence-corrected chi connectivity index (χ3v) is 3.93. The summed E-state index contributed by atoms with van der Waals surface area (Å²) in [6.45, 7) is 2.84. The molecule has 1 heterocycles. The van der Waals surface area contributed by atoms with Crippen LogP contribution in [0.4, 0.5) is 5.69 Å². The van der Waals surface area contributed by atoms with Gasteiger partial charge in [-0.25, -0.2) is 0 Å². The maximum absolute atomic E-state index is 12.6. The molecule has 5 heteroatoms. The number of ether oxygens (including phenoxy) is 1. The second-order valence-corrected chi connectivity index (χ2v) is 5.92. The molecule has 3 aromatic rings. The predicted molar refractivity (Wildman–Crippen MR) is 93.6 cm³/mol. The van der Waals surface area contributed by atoms with Crippen molar-refractivity contribution in [2.24, 2.45) is 0 Å². The van der Waals surface area contributed by atoms with Crippen molar-refractivity contribution < 1.29 is 13.9 Å². The van der Waals surface area contributed by atoms with E-state index in [-0.39, 0.29) is 5.91 Å². The first-order valence-electron chi connectivity index (χ1n) is 7.34. The standard InChI is InChI=1S/C18H16BrNO3/c1-2-22-11-15-14-8-3-4-9-16(14)23-17(15)18(21)20-13-7-5-6-12(19)10-13/h3-10H,2,11H2,1H3,(H,20,21). The number of amides is 1. The minimum absolute atomic E-state index is 0.283. The molecule has 0 saturated heterocycles. The maximum Gasteiger partial charge on any atom is 0.291 e. The van der Waals surface area contributed by atoms with E-state index >= 15 is 0 Å². The number of anilines is 1. The Morgan fingerprint density at radius 3 is 2.83 bits per heavy atom. The van der Waals surface area contributed by atoms with Gasteiger partial charge in [0.15, 0.2) is 5.76 Å². The number of para-hydroxylation sites is 1. The van der Waals surface area contributed by atoms with Gasteiger partial charge in [0, 0.05) is 27.7 Å². The van der Waals surface area contributed by atoms with Crippen LogP contribution in [-0.2, 0) is 11.3 Å². The number of rotatable bonds is 5. The van der Waals surface area contributed by atoms with Crippen LogP contribution in [0.3, 0.4) is 0 Å². The summed E-state index contributed by atoms with van der Waals surface area (Å²) in [7, 11) is 0. The molecule has 1 N–H and O–H groups in total. The molecule has 0 atom stereocenters. The van der Waals surface area contributed by atoms with Gasteiger partial charge in [0.1, 0.15) is 5.58 Å². The van der Waals surface area contributed by atoms with E-state index in [1.165, 1.54) is 0 Å². The number of carbonyl (C=O) groups excluding carboxylic acids is 1. The normalized spacial score (nSPS) is 10.9. The van der Waals surface area contributed by atoms with Crippen molar-refractivity contribution in [1.82, 2.24) is 0 Å². The summed E-state index contributed by atoms with van der Waals surface area (Å²) in [5.41, 5.74) is 2.16. The molecular formula is C18H16BrNO3. The summed E-state index contributed by atoms with van der Waals surface area (Å²) in [6, 6.07) is 15.0. The van der Waals surface area contributed by atoms with Gasteiger partial charge in [-0.3, -0.25) is 4.79 Å². The lowest BCUT2D eigenvalue weighted by Crippen LogP contribution is -2.13. The van der Waals surface area contributed by atoms with Crippen molar-refractivity contribution in [3.63, 3.8) is 0 Å². The van der Waals surface area contributed by atoms with Gasteiger partial charge in [-0.05, 0) is 31.2 Å². The van der Waals surface area contributed by atoms with Crippen LogP contribution in [0, 0.1) is 0 Å². The predicted octanol–water partition coefficient (Wildman–Crippen LogP) is 4.98. The molecule has 0 aliphatic carbocycles. The fraction of sp³-hybridized carbons (Fsp3) is 0.167. The van der Waals surface area contributed by atoms with Gasteiger partial charge in [0.2, 0.25) is 0 Å². The lowest BCUT2D eigenvalue weighted by molar-refractivity contribution is 0.0984. The first kappa shape index (κ1) is 15.8. The van der Waals surface area contributed by atoms with Gasteiger partial charge < -0.3 is 14.5 Å². The molecule has 118 valence electrons. The molecule has 4 nitrogen and oxygen atoms in total. The van der Waals surface area contributed by atoms with Gasteiger partial charge in [-0.2, -0.15) is 0 Å². The number of nitrogens with one attached hydrogen (secondary N) is 1. The van der Waals surface area contributed by atoms with Crippen molar-refractivity contribution in [2.75, 3.05) is 11.9 Å². The highest BCUT2D eigenvalue weighted by molar-refractivity contribution is 9.10. The number of fused-ring (bicyclic) bond motifs is 1. The van der Waals surface area contributed by atoms with Crippen LogP contribution in [0.2, 0.25) is 0 Å². The number of hydrogen-bond acceptors (Lipinski definition) is 3. The van der Waals surface area contributed by atoms with Gasteiger partial charge in [-0.1, -0.05) is 40.2 Å². The summed E-state index contributed by atoms with van der Waals surface area (Å²) in [5.74, 6) is 0.00799. The molecule has 23 heavy (non-hydrogen) atoms. The van der Waals surface area contributed by atoms with E-state index in [9.17, 15) is 4.79 Å². The van der Waals surface area contributed by atoms with E-state index in [0.717, 1.165) is 15.4 Å². The second kappa shape index (κ2) is 6.98. The molecule has 0 radical (unpaired) electrons. The summed E-state index contributed by atoms with van der Waals surface area (Å²) in [5, 5.41) is 3.76. The zero-order valence-electron chi connectivity index (χ0n) is 12.6. The van der Waals surface area contributed by atoms with E-state index in [0.29, 0.717) is 30.2 Å². The van der Waals surface area contributed by atoms with Gasteiger partial charge in [0.25, 0.3) is 5.91 Å². The Labute approximate surface area is 142 Å². The van der Waals surface area contributed by atoms with Crippen LogP contribution in [0.25, 0.3) is 11.0 Å². The van der Waals surface area contributed by atoms with Gasteiger partial charge in [-0.15, -0.1) is 0 Å². The quantitative estimate of drug-likeness (QED) is 0.685.